The van der Waals surface area contributed by atoms with Crippen LogP contribution in [-0.4, -0.2) is 22.6 Å². The summed E-state index contributed by atoms with van der Waals surface area (Å²) in [4.78, 5) is 0. The molecule has 1 aromatic rings. The predicted molar refractivity (Wildman–Crippen MR) is 63.0 cm³/mol. The molecule has 17 heavy (non-hydrogen) atoms. The van der Waals surface area contributed by atoms with E-state index in [1.165, 1.54) is 20.3 Å². The molecule has 0 aliphatic rings. The van der Waals surface area contributed by atoms with Crippen molar-refractivity contribution in [2.24, 2.45) is 0 Å². The lowest BCUT2D eigenvalue weighted by atomic mass is 10.2. The lowest BCUT2D eigenvalue weighted by Crippen LogP contribution is -2.03. The van der Waals surface area contributed by atoms with Gasteiger partial charge in [-0.15, -0.1) is 0 Å². The maximum absolute atomic E-state index is 13.8. The molecule has 0 aliphatic heterocycles. The molecule has 96 valence electrons. The van der Waals surface area contributed by atoms with Crippen LogP contribution < -0.4 is 9.47 Å². The second-order valence-electron chi connectivity index (χ2n) is 3.08. The highest BCUT2D eigenvalue weighted by atomic mass is 35.7. The Bertz CT molecular complexity index is 530. The molecule has 0 aromatic heterocycles. The molecule has 8 heteroatoms. The summed E-state index contributed by atoms with van der Waals surface area (Å²) in [6.45, 7) is 0. The van der Waals surface area contributed by atoms with Crippen LogP contribution in [0.3, 0.4) is 0 Å². The minimum atomic E-state index is -3.84. The summed E-state index contributed by atoms with van der Waals surface area (Å²) >= 11 is 5.73. The van der Waals surface area contributed by atoms with Gasteiger partial charge >= 0.3 is 0 Å². The van der Waals surface area contributed by atoms with Crippen LogP contribution in [-0.2, 0) is 14.8 Å². The third-order valence-electron chi connectivity index (χ3n) is 1.94. The van der Waals surface area contributed by atoms with E-state index in [-0.39, 0.29) is 22.1 Å². The zero-order chi connectivity index (χ0) is 13.2. The molecule has 0 saturated carbocycles. The third kappa shape index (κ3) is 3.37. The molecule has 1 aromatic carbocycles. The van der Waals surface area contributed by atoms with Crippen LogP contribution in [0.1, 0.15) is 5.56 Å². The summed E-state index contributed by atoms with van der Waals surface area (Å²) in [5.41, 5.74) is 0.0331. The fourth-order valence-corrected chi connectivity index (χ4v) is 2.56. The molecule has 0 aliphatic carbocycles. The van der Waals surface area contributed by atoms with Crippen molar-refractivity contribution < 1.29 is 22.3 Å². The normalized spacial score (nSPS) is 11.4. The molecule has 0 saturated heterocycles. The standard InChI is InChI=1S/C9H9Cl2FO4S/c1-15-8-5(4-17(11,13)14)3-6(10)9(16-2)7(8)12/h3H,4H2,1-2H3. The van der Waals surface area contributed by atoms with Crippen molar-refractivity contribution in [3.8, 4) is 11.5 Å². The lowest BCUT2D eigenvalue weighted by Gasteiger charge is -2.12. The van der Waals surface area contributed by atoms with Crippen LogP contribution in [0.2, 0.25) is 5.02 Å². The monoisotopic (exact) mass is 302 g/mol. The Kier molecular flexibility index (Phi) is 4.46. The van der Waals surface area contributed by atoms with Gasteiger partial charge in [0.05, 0.1) is 25.0 Å². The molecule has 0 unspecified atom stereocenters. The van der Waals surface area contributed by atoms with E-state index in [1.54, 1.807) is 0 Å². The van der Waals surface area contributed by atoms with E-state index < -0.39 is 20.6 Å². The smallest absolute Gasteiger partial charge is 0.236 e. The highest BCUT2D eigenvalue weighted by molar-refractivity contribution is 8.13. The quantitative estimate of drug-likeness (QED) is 0.802. The Balaban J connectivity index is 3.42. The highest BCUT2D eigenvalue weighted by Gasteiger charge is 2.21. The second-order valence-corrected chi connectivity index (χ2v) is 6.27. The molecule has 0 amide bonds. The van der Waals surface area contributed by atoms with Gasteiger partial charge in [0.25, 0.3) is 0 Å². The van der Waals surface area contributed by atoms with Gasteiger partial charge in [-0.05, 0) is 6.07 Å². The van der Waals surface area contributed by atoms with Gasteiger partial charge in [-0.25, -0.2) is 8.42 Å². The maximum atomic E-state index is 13.8. The van der Waals surface area contributed by atoms with Crippen LogP contribution in [0.5, 0.6) is 11.5 Å². The topological polar surface area (TPSA) is 52.6 Å². The average Bonchev–Trinajstić information content (AvgIpc) is 2.15. The summed E-state index contributed by atoms with van der Waals surface area (Å²) in [5.74, 6) is -1.91. The van der Waals surface area contributed by atoms with Crippen molar-refractivity contribution in [3.05, 3.63) is 22.5 Å². The molecule has 0 fully saturated rings. The van der Waals surface area contributed by atoms with Crippen molar-refractivity contribution in [2.45, 2.75) is 5.75 Å². The molecule has 0 spiro atoms. The molecular weight excluding hydrogens is 294 g/mol. The Morgan fingerprint density at radius 2 is 1.82 bits per heavy atom. The molecule has 0 radical (unpaired) electrons. The van der Waals surface area contributed by atoms with Gasteiger partial charge in [0.1, 0.15) is 0 Å². The number of ether oxygens (including phenoxy) is 2. The van der Waals surface area contributed by atoms with Crippen molar-refractivity contribution >= 4 is 31.3 Å². The zero-order valence-electron chi connectivity index (χ0n) is 8.96. The van der Waals surface area contributed by atoms with E-state index in [0.717, 1.165) is 0 Å². The first-order chi connectivity index (χ1) is 7.80. The van der Waals surface area contributed by atoms with Crippen LogP contribution in [0, 0.1) is 5.82 Å². The van der Waals surface area contributed by atoms with Crippen LogP contribution in [0.4, 0.5) is 4.39 Å². The molecule has 0 atom stereocenters. The summed E-state index contributed by atoms with van der Waals surface area (Å²) in [6.07, 6.45) is 0. The largest absolute Gasteiger partial charge is 0.493 e. The van der Waals surface area contributed by atoms with E-state index in [4.69, 9.17) is 31.8 Å². The minimum Gasteiger partial charge on any atom is -0.493 e. The Hall–Kier alpha value is -0.720. The Morgan fingerprint density at radius 1 is 1.29 bits per heavy atom. The number of halogens is 3. The fourth-order valence-electron chi connectivity index (χ4n) is 1.33. The van der Waals surface area contributed by atoms with Gasteiger partial charge in [0, 0.05) is 16.2 Å². The SMILES string of the molecule is COc1c(Cl)cc(CS(=O)(=O)Cl)c(OC)c1F. The molecule has 1 rings (SSSR count). The van der Waals surface area contributed by atoms with Gasteiger partial charge < -0.3 is 9.47 Å². The van der Waals surface area contributed by atoms with E-state index in [9.17, 15) is 12.8 Å². The number of hydrogen-bond acceptors (Lipinski definition) is 4. The number of benzene rings is 1. The first-order valence-electron chi connectivity index (χ1n) is 4.31. The maximum Gasteiger partial charge on any atom is 0.236 e. The lowest BCUT2D eigenvalue weighted by molar-refractivity contribution is 0.348. The van der Waals surface area contributed by atoms with E-state index >= 15 is 0 Å². The van der Waals surface area contributed by atoms with Gasteiger partial charge in [-0.3, -0.25) is 0 Å². The predicted octanol–water partition coefficient (Wildman–Crippen LogP) is 2.56. The van der Waals surface area contributed by atoms with Gasteiger partial charge in [0.2, 0.25) is 14.9 Å². The second kappa shape index (κ2) is 5.29. The minimum absolute atomic E-state index is 0.0331. The molecule has 4 nitrogen and oxygen atoms in total. The average molecular weight is 303 g/mol. The van der Waals surface area contributed by atoms with E-state index in [2.05, 4.69) is 0 Å². The third-order valence-corrected chi connectivity index (χ3v) is 3.21. The molecule has 0 N–H and O–H groups in total. The van der Waals surface area contributed by atoms with Crippen molar-refractivity contribution in [1.29, 1.82) is 0 Å². The molecule has 0 heterocycles. The summed E-state index contributed by atoms with van der Waals surface area (Å²) in [7, 11) is 3.70. The number of rotatable bonds is 4. The van der Waals surface area contributed by atoms with Gasteiger partial charge in [-0.1, -0.05) is 11.6 Å². The first-order valence-corrected chi connectivity index (χ1v) is 7.17. The van der Waals surface area contributed by atoms with Gasteiger partial charge in [-0.2, -0.15) is 4.39 Å². The Morgan fingerprint density at radius 3 is 2.24 bits per heavy atom. The Labute approximate surface area is 108 Å². The first kappa shape index (κ1) is 14.3. The van der Waals surface area contributed by atoms with Gasteiger partial charge in [0.15, 0.2) is 11.5 Å². The molecule has 0 bridgehead atoms. The van der Waals surface area contributed by atoms with Crippen LogP contribution in [0.15, 0.2) is 6.07 Å². The number of hydrogen-bond donors (Lipinski definition) is 0. The van der Waals surface area contributed by atoms with Crippen molar-refractivity contribution in [1.82, 2.24) is 0 Å². The summed E-state index contributed by atoms with van der Waals surface area (Å²) in [5, 5.41) is -0.0545. The van der Waals surface area contributed by atoms with E-state index in [1.807, 2.05) is 0 Å². The number of methoxy groups -OCH3 is 2. The zero-order valence-corrected chi connectivity index (χ0v) is 11.3. The van der Waals surface area contributed by atoms with E-state index in [0.29, 0.717) is 0 Å². The van der Waals surface area contributed by atoms with Crippen LogP contribution in [0.25, 0.3) is 0 Å². The summed E-state index contributed by atoms with van der Waals surface area (Å²) < 4.78 is 45.2. The summed E-state index contributed by atoms with van der Waals surface area (Å²) in [6, 6.07) is 1.24. The van der Waals surface area contributed by atoms with Crippen LogP contribution >= 0.6 is 22.3 Å². The fraction of sp³-hybridized carbons (Fsp3) is 0.333. The van der Waals surface area contributed by atoms with Crippen molar-refractivity contribution in [3.63, 3.8) is 0 Å². The molecular formula is C9H9Cl2FO4S. The van der Waals surface area contributed by atoms with Crippen molar-refractivity contribution in [2.75, 3.05) is 14.2 Å². The highest BCUT2D eigenvalue weighted by Crippen LogP contribution is 2.37.